The molecule has 0 spiro atoms. The molecule has 0 unspecified atom stereocenters. The number of nitrogens with zero attached hydrogens (tertiary/aromatic N) is 4. The van der Waals surface area contributed by atoms with Crippen molar-refractivity contribution in [3.63, 3.8) is 0 Å². The Balaban J connectivity index is 1.93. The van der Waals surface area contributed by atoms with Crippen LogP contribution in [0.1, 0.15) is 12.1 Å². The van der Waals surface area contributed by atoms with Gasteiger partial charge in [0.05, 0.1) is 11.7 Å². The molecule has 2 N–H and O–H groups in total. The van der Waals surface area contributed by atoms with Crippen molar-refractivity contribution in [2.24, 2.45) is 5.73 Å². The van der Waals surface area contributed by atoms with E-state index < -0.39 is 0 Å². The SMILES string of the molecule is Cc1ccc2cc(-c3cn(CCCN)nn3)ccc2n1. The summed E-state index contributed by atoms with van der Waals surface area (Å²) < 4.78 is 1.83. The Labute approximate surface area is 117 Å². The van der Waals surface area contributed by atoms with Gasteiger partial charge in [-0.05, 0) is 38.1 Å². The van der Waals surface area contributed by atoms with Crippen LogP contribution in [0.5, 0.6) is 0 Å². The summed E-state index contributed by atoms with van der Waals surface area (Å²) in [5.74, 6) is 0. The van der Waals surface area contributed by atoms with Crippen LogP contribution >= 0.6 is 0 Å². The van der Waals surface area contributed by atoms with Gasteiger partial charge in [0.15, 0.2) is 0 Å². The van der Waals surface area contributed by atoms with E-state index >= 15 is 0 Å². The average Bonchev–Trinajstić information content (AvgIpc) is 2.93. The molecule has 0 saturated carbocycles. The average molecular weight is 267 g/mol. The molecule has 5 heteroatoms. The van der Waals surface area contributed by atoms with Gasteiger partial charge >= 0.3 is 0 Å². The molecule has 2 heterocycles. The molecule has 0 aliphatic rings. The zero-order chi connectivity index (χ0) is 13.9. The highest BCUT2D eigenvalue weighted by Gasteiger charge is 2.05. The second-order valence-corrected chi connectivity index (χ2v) is 4.87. The summed E-state index contributed by atoms with van der Waals surface area (Å²) in [6.45, 7) is 3.46. The highest BCUT2D eigenvalue weighted by atomic mass is 15.4. The minimum Gasteiger partial charge on any atom is -0.330 e. The zero-order valence-electron chi connectivity index (χ0n) is 11.5. The van der Waals surface area contributed by atoms with Crippen LogP contribution in [0.25, 0.3) is 22.2 Å². The predicted octanol–water partition coefficient (Wildman–Crippen LogP) is 2.15. The van der Waals surface area contributed by atoms with E-state index in [1.54, 1.807) is 0 Å². The van der Waals surface area contributed by atoms with Crippen molar-refractivity contribution in [1.29, 1.82) is 0 Å². The van der Waals surface area contributed by atoms with E-state index in [9.17, 15) is 0 Å². The first-order valence-electron chi connectivity index (χ1n) is 6.74. The summed E-state index contributed by atoms with van der Waals surface area (Å²) >= 11 is 0. The second-order valence-electron chi connectivity index (χ2n) is 4.87. The molecule has 2 aromatic heterocycles. The lowest BCUT2D eigenvalue weighted by Gasteiger charge is -2.01. The molecule has 1 aromatic carbocycles. The van der Waals surface area contributed by atoms with Gasteiger partial charge in [0.1, 0.15) is 5.69 Å². The fourth-order valence-electron chi connectivity index (χ4n) is 2.18. The predicted molar refractivity (Wildman–Crippen MR) is 79.2 cm³/mol. The number of aromatic nitrogens is 4. The van der Waals surface area contributed by atoms with E-state index in [1.807, 2.05) is 36.0 Å². The van der Waals surface area contributed by atoms with E-state index in [2.05, 4.69) is 27.4 Å². The van der Waals surface area contributed by atoms with E-state index in [0.29, 0.717) is 6.54 Å². The van der Waals surface area contributed by atoms with Crippen LogP contribution in [0.15, 0.2) is 36.5 Å². The number of hydrogen-bond donors (Lipinski definition) is 1. The van der Waals surface area contributed by atoms with Crippen LogP contribution in [0.3, 0.4) is 0 Å². The third-order valence-electron chi connectivity index (χ3n) is 3.25. The topological polar surface area (TPSA) is 69.6 Å². The largest absolute Gasteiger partial charge is 0.330 e. The van der Waals surface area contributed by atoms with Crippen LogP contribution in [0.4, 0.5) is 0 Å². The zero-order valence-corrected chi connectivity index (χ0v) is 11.5. The first-order valence-corrected chi connectivity index (χ1v) is 6.74. The van der Waals surface area contributed by atoms with E-state index in [0.717, 1.165) is 40.8 Å². The van der Waals surface area contributed by atoms with Crippen LogP contribution in [-0.2, 0) is 6.54 Å². The molecule has 0 aliphatic carbocycles. The van der Waals surface area contributed by atoms with Crippen molar-refractivity contribution in [1.82, 2.24) is 20.0 Å². The Bertz CT molecular complexity index is 732. The van der Waals surface area contributed by atoms with Gasteiger partial charge in [0.2, 0.25) is 0 Å². The van der Waals surface area contributed by atoms with E-state index in [4.69, 9.17) is 5.73 Å². The van der Waals surface area contributed by atoms with Crippen LogP contribution in [0.2, 0.25) is 0 Å². The van der Waals surface area contributed by atoms with Crippen molar-refractivity contribution in [3.8, 4) is 11.3 Å². The molecule has 0 saturated heterocycles. The third kappa shape index (κ3) is 2.53. The molecule has 20 heavy (non-hydrogen) atoms. The van der Waals surface area contributed by atoms with Crippen LogP contribution < -0.4 is 5.73 Å². The van der Waals surface area contributed by atoms with E-state index in [1.165, 1.54) is 0 Å². The molecular formula is C15H17N5. The van der Waals surface area contributed by atoms with Gasteiger partial charge in [-0.2, -0.15) is 0 Å². The quantitative estimate of drug-likeness (QED) is 0.786. The van der Waals surface area contributed by atoms with Gasteiger partial charge in [-0.3, -0.25) is 9.67 Å². The van der Waals surface area contributed by atoms with Gasteiger partial charge in [-0.15, -0.1) is 5.10 Å². The van der Waals surface area contributed by atoms with E-state index in [-0.39, 0.29) is 0 Å². The Hall–Kier alpha value is -2.27. The maximum absolute atomic E-state index is 5.50. The third-order valence-corrected chi connectivity index (χ3v) is 3.25. The summed E-state index contributed by atoms with van der Waals surface area (Å²) in [5.41, 5.74) is 9.47. The summed E-state index contributed by atoms with van der Waals surface area (Å²) in [5, 5.41) is 9.45. The Morgan fingerprint density at radius 2 is 2.10 bits per heavy atom. The molecule has 3 aromatic rings. The fraction of sp³-hybridized carbons (Fsp3) is 0.267. The van der Waals surface area contributed by atoms with Crippen molar-refractivity contribution in [2.45, 2.75) is 19.9 Å². The molecule has 102 valence electrons. The maximum Gasteiger partial charge on any atom is 0.113 e. The van der Waals surface area contributed by atoms with Crippen LogP contribution in [0, 0.1) is 6.92 Å². The smallest absolute Gasteiger partial charge is 0.113 e. The minimum atomic E-state index is 0.663. The van der Waals surface area contributed by atoms with Crippen molar-refractivity contribution in [3.05, 3.63) is 42.2 Å². The molecule has 0 amide bonds. The van der Waals surface area contributed by atoms with Gasteiger partial charge < -0.3 is 5.73 Å². The second kappa shape index (κ2) is 5.38. The molecule has 0 aliphatic heterocycles. The summed E-state index contributed by atoms with van der Waals surface area (Å²) in [6, 6.07) is 10.3. The number of rotatable bonds is 4. The summed E-state index contributed by atoms with van der Waals surface area (Å²) in [4.78, 5) is 4.50. The number of fused-ring (bicyclic) bond motifs is 1. The van der Waals surface area contributed by atoms with Gasteiger partial charge in [-0.1, -0.05) is 17.3 Å². The summed E-state index contributed by atoms with van der Waals surface area (Å²) in [6.07, 6.45) is 2.86. The van der Waals surface area contributed by atoms with Gasteiger partial charge in [0.25, 0.3) is 0 Å². The molecule has 0 radical (unpaired) electrons. The first-order chi connectivity index (χ1) is 9.76. The lowest BCUT2D eigenvalue weighted by atomic mass is 10.1. The van der Waals surface area contributed by atoms with Crippen LogP contribution in [-0.4, -0.2) is 26.5 Å². The Morgan fingerprint density at radius 1 is 1.20 bits per heavy atom. The Morgan fingerprint density at radius 3 is 2.95 bits per heavy atom. The van der Waals surface area contributed by atoms with Crippen molar-refractivity contribution >= 4 is 10.9 Å². The van der Waals surface area contributed by atoms with Crippen molar-refractivity contribution in [2.75, 3.05) is 6.54 Å². The first kappa shape index (κ1) is 12.7. The van der Waals surface area contributed by atoms with Gasteiger partial charge in [0, 0.05) is 23.2 Å². The number of benzene rings is 1. The number of aryl methyl sites for hydroxylation is 2. The molecule has 0 fully saturated rings. The maximum atomic E-state index is 5.50. The number of pyridine rings is 1. The molecular weight excluding hydrogens is 250 g/mol. The highest BCUT2D eigenvalue weighted by molar-refractivity contribution is 5.83. The molecule has 0 bridgehead atoms. The highest BCUT2D eigenvalue weighted by Crippen LogP contribution is 2.22. The Kier molecular flexibility index (Phi) is 3.43. The lowest BCUT2D eigenvalue weighted by Crippen LogP contribution is -2.06. The standard InChI is InChI=1S/C15H17N5/c1-11-3-4-12-9-13(5-6-14(12)17-11)15-10-20(19-18-15)8-2-7-16/h3-6,9-10H,2,7-8,16H2,1H3. The van der Waals surface area contributed by atoms with Gasteiger partial charge in [-0.25, -0.2) is 0 Å². The fourth-order valence-corrected chi connectivity index (χ4v) is 2.18. The molecule has 5 nitrogen and oxygen atoms in total. The minimum absolute atomic E-state index is 0.663. The molecule has 0 atom stereocenters. The monoisotopic (exact) mass is 267 g/mol. The normalized spacial score (nSPS) is 11.1. The summed E-state index contributed by atoms with van der Waals surface area (Å²) in [7, 11) is 0. The van der Waals surface area contributed by atoms with Crippen molar-refractivity contribution < 1.29 is 0 Å². The molecule has 3 rings (SSSR count). The number of hydrogen-bond acceptors (Lipinski definition) is 4. The lowest BCUT2D eigenvalue weighted by molar-refractivity contribution is 0.564. The number of nitrogens with two attached hydrogens (primary N) is 1.